The number of carbonyl (C=O) groups excluding carboxylic acids is 1. The number of amides is 1. The molecule has 1 fully saturated rings. The first-order valence-electron chi connectivity index (χ1n) is 6.12. The summed E-state index contributed by atoms with van der Waals surface area (Å²) in [5.41, 5.74) is 7.17. The van der Waals surface area contributed by atoms with Crippen LogP contribution >= 0.6 is 0 Å². The van der Waals surface area contributed by atoms with Crippen LogP contribution in [0.25, 0.3) is 10.9 Å². The van der Waals surface area contributed by atoms with Gasteiger partial charge in [0.1, 0.15) is 0 Å². The van der Waals surface area contributed by atoms with Gasteiger partial charge in [-0.3, -0.25) is 9.78 Å². The maximum absolute atomic E-state index is 12.4. The summed E-state index contributed by atoms with van der Waals surface area (Å²) in [6, 6.07) is 9.46. The van der Waals surface area contributed by atoms with E-state index in [1.54, 1.807) is 6.20 Å². The van der Waals surface area contributed by atoms with Gasteiger partial charge in [0, 0.05) is 36.2 Å². The molecule has 0 radical (unpaired) electrons. The fourth-order valence-electron chi connectivity index (χ4n) is 2.34. The number of nitrogens with two attached hydrogens (primary N) is 1. The summed E-state index contributed by atoms with van der Waals surface area (Å²) < 4.78 is 0. The number of nitrogens with zero attached hydrogens (tertiary/aromatic N) is 2. The van der Waals surface area contributed by atoms with Crippen LogP contribution < -0.4 is 5.73 Å². The summed E-state index contributed by atoms with van der Waals surface area (Å²) in [7, 11) is 0. The normalized spacial score (nSPS) is 15.7. The molecule has 3 rings (SSSR count). The van der Waals surface area contributed by atoms with Crippen LogP contribution in [0.3, 0.4) is 0 Å². The molecule has 1 saturated heterocycles. The third-order valence-electron chi connectivity index (χ3n) is 3.45. The number of aromatic nitrogens is 1. The van der Waals surface area contributed by atoms with Crippen molar-refractivity contribution < 1.29 is 4.79 Å². The second-order valence-electron chi connectivity index (χ2n) is 4.69. The Kier molecular flexibility index (Phi) is 2.72. The van der Waals surface area contributed by atoms with Crippen LogP contribution in [0.15, 0.2) is 36.5 Å². The number of hydrogen-bond acceptors (Lipinski definition) is 3. The van der Waals surface area contributed by atoms with Gasteiger partial charge in [0.15, 0.2) is 0 Å². The number of benzene rings is 1. The highest BCUT2D eigenvalue weighted by atomic mass is 16.2. The van der Waals surface area contributed by atoms with E-state index in [2.05, 4.69) is 4.98 Å². The molecule has 2 aromatic rings. The summed E-state index contributed by atoms with van der Waals surface area (Å²) >= 11 is 0. The number of likely N-dealkylation sites (tertiary alicyclic amines) is 1. The van der Waals surface area contributed by atoms with E-state index in [0.29, 0.717) is 12.5 Å². The minimum absolute atomic E-state index is 0.0818. The van der Waals surface area contributed by atoms with Gasteiger partial charge in [-0.05, 0) is 24.7 Å². The van der Waals surface area contributed by atoms with Gasteiger partial charge in [-0.25, -0.2) is 0 Å². The van der Waals surface area contributed by atoms with Gasteiger partial charge < -0.3 is 10.6 Å². The quantitative estimate of drug-likeness (QED) is 0.861. The first-order valence-corrected chi connectivity index (χ1v) is 6.12. The highest BCUT2D eigenvalue weighted by molar-refractivity contribution is 6.06. The Morgan fingerprint density at radius 3 is 2.94 bits per heavy atom. The third kappa shape index (κ3) is 1.75. The SMILES string of the molecule is NCC1CN(C(=O)c2cccc3ncccc23)C1. The van der Waals surface area contributed by atoms with Crippen molar-refractivity contribution in [1.82, 2.24) is 9.88 Å². The van der Waals surface area contributed by atoms with Crippen molar-refractivity contribution in [2.45, 2.75) is 0 Å². The third-order valence-corrected chi connectivity index (χ3v) is 3.45. The molecule has 1 aromatic heterocycles. The summed E-state index contributed by atoms with van der Waals surface area (Å²) in [6.07, 6.45) is 1.74. The van der Waals surface area contributed by atoms with Gasteiger partial charge in [0.25, 0.3) is 5.91 Å². The first-order chi connectivity index (χ1) is 8.79. The van der Waals surface area contributed by atoms with E-state index < -0.39 is 0 Å². The molecule has 0 bridgehead atoms. The lowest BCUT2D eigenvalue weighted by atomic mass is 9.98. The van der Waals surface area contributed by atoms with E-state index in [-0.39, 0.29) is 5.91 Å². The van der Waals surface area contributed by atoms with E-state index in [4.69, 9.17) is 5.73 Å². The predicted molar refractivity (Wildman–Crippen MR) is 70.2 cm³/mol. The van der Waals surface area contributed by atoms with E-state index in [1.165, 1.54) is 0 Å². The molecule has 0 saturated carbocycles. The topological polar surface area (TPSA) is 59.2 Å². The number of pyridine rings is 1. The second-order valence-corrected chi connectivity index (χ2v) is 4.69. The number of carbonyl (C=O) groups is 1. The van der Waals surface area contributed by atoms with E-state index in [0.717, 1.165) is 29.6 Å². The monoisotopic (exact) mass is 241 g/mol. The van der Waals surface area contributed by atoms with E-state index in [1.807, 2.05) is 35.2 Å². The lowest BCUT2D eigenvalue weighted by Crippen LogP contribution is -2.52. The number of fused-ring (bicyclic) bond motifs is 1. The van der Waals surface area contributed by atoms with Gasteiger partial charge >= 0.3 is 0 Å². The fourth-order valence-corrected chi connectivity index (χ4v) is 2.34. The van der Waals surface area contributed by atoms with Crippen molar-refractivity contribution in [3.05, 3.63) is 42.1 Å². The molecular weight excluding hydrogens is 226 g/mol. The Morgan fingerprint density at radius 2 is 2.17 bits per heavy atom. The van der Waals surface area contributed by atoms with Crippen LogP contribution in [-0.4, -0.2) is 35.4 Å². The maximum Gasteiger partial charge on any atom is 0.254 e. The summed E-state index contributed by atoms with van der Waals surface area (Å²) in [5.74, 6) is 0.542. The van der Waals surface area contributed by atoms with E-state index >= 15 is 0 Å². The molecule has 0 unspecified atom stereocenters. The van der Waals surface area contributed by atoms with Crippen molar-refractivity contribution >= 4 is 16.8 Å². The Hall–Kier alpha value is -1.94. The molecule has 4 nitrogen and oxygen atoms in total. The van der Waals surface area contributed by atoms with Crippen LogP contribution in [0.2, 0.25) is 0 Å². The van der Waals surface area contributed by atoms with E-state index in [9.17, 15) is 4.79 Å². The molecular formula is C14H15N3O. The zero-order valence-electron chi connectivity index (χ0n) is 10.0. The van der Waals surface area contributed by atoms with Crippen LogP contribution in [0.1, 0.15) is 10.4 Å². The average Bonchev–Trinajstić information content (AvgIpc) is 2.36. The molecule has 1 aliphatic heterocycles. The summed E-state index contributed by atoms with van der Waals surface area (Å²) in [6.45, 7) is 2.19. The highest BCUT2D eigenvalue weighted by Gasteiger charge is 2.30. The molecule has 0 spiro atoms. The standard InChI is InChI=1S/C14H15N3O/c15-7-10-8-17(9-10)14(18)12-3-1-5-13-11(12)4-2-6-16-13/h1-6,10H,7-9,15H2. The molecule has 0 aliphatic carbocycles. The highest BCUT2D eigenvalue weighted by Crippen LogP contribution is 2.22. The molecule has 92 valence electrons. The van der Waals surface area contributed by atoms with Crippen molar-refractivity contribution in [2.24, 2.45) is 11.7 Å². The van der Waals surface area contributed by atoms with Crippen LogP contribution in [0.4, 0.5) is 0 Å². The first kappa shape index (κ1) is 11.2. The van der Waals surface area contributed by atoms with Crippen molar-refractivity contribution in [2.75, 3.05) is 19.6 Å². The minimum Gasteiger partial charge on any atom is -0.338 e. The van der Waals surface area contributed by atoms with Gasteiger partial charge in [-0.1, -0.05) is 12.1 Å². The summed E-state index contributed by atoms with van der Waals surface area (Å²) in [4.78, 5) is 18.5. The zero-order chi connectivity index (χ0) is 12.5. The Labute approximate surface area is 105 Å². The lowest BCUT2D eigenvalue weighted by Gasteiger charge is -2.38. The lowest BCUT2D eigenvalue weighted by molar-refractivity contribution is 0.0517. The molecule has 18 heavy (non-hydrogen) atoms. The van der Waals surface area contributed by atoms with Gasteiger partial charge in [-0.15, -0.1) is 0 Å². The Balaban J connectivity index is 1.93. The smallest absolute Gasteiger partial charge is 0.254 e. The number of hydrogen-bond donors (Lipinski definition) is 1. The maximum atomic E-state index is 12.4. The van der Waals surface area contributed by atoms with Gasteiger partial charge in [0.2, 0.25) is 0 Å². The van der Waals surface area contributed by atoms with Crippen LogP contribution in [0.5, 0.6) is 0 Å². The summed E-state index contributed by atoms with van der Waals surface area (Å²) in [5, 5.41) is 0.918. The van der Waals surface area contributed by atoms with Crippen LogP contribution in [0, 0.1) is 5.92 Å². The van der Waals surface area contributed by atoms with Crippen LogP contribution in [-0.2, 0) is 0 Å². The minimum atomic E-state index is 0.0818. The molecule has 1 aromatic carbocycles. The van der Waals surface area contributed by atoms with Gasteiger partial charge in [0.05, 0.1) is 5.52 Å². The molecule has 2 N–H and O–H groups in total. The number of rotatable bonds is 2. The molecule has 4 heteroatoms. The second kappa shape index (κ2) is 4.38. The molecule has 2 heterocycles. The van der Waals surface area contributed by atoms with Gasteiger partial charge in [-0.2, -0.15) is 0 Å². The predicted octanol–water partition coefficient (Wildman–Crippen LogP) is 1.27. The Bertz CT molecular complexity index is 585. The van der Waals surface area contributed by atoms with Crippen molar-refractivity contribution in [1.29, 1.82) is 0 Å². The fraction of sp³-hybridized carbons (Fsp3) is 0.286. The van der Waals surface area contributed by atoms with Crippen molar-refractivity contribution in [3.63, 3.8) is 0 Å². The Morgan fingerprint density at radius 1 is 1.33 bits per heavy atom. The molecule has 1 aliphatic rings. The zero-order valence-corrected chi connectivity index (χ0v) is 10.0. The average molecular weight is 241 g/mol. The largest absolute Gasteiger partial charge is 0.338 e. The molecule has 1 amide bonds. The molecule has 0 atom stereocenters. The van der Waals surface area contributed by atoms with Crippen molar-refractivity contribution in [3.8, 4) is 0 Å².